The number of aliphatic hydroxyl groups is 2. The van der Waals surface area contributed by atoms with Crippen LogP contribution in [-0.2, 0) is 9.59 Å². The lowest BCUT2D eigenvalue weighted by Gasteiger charge is -2.58. The number of aliphatic hydroxyl groups excluding tert-OH is 2. The van der Waals surface area contributed by atoms with Crippen molar-refractivity contribution in [3.05, 3.63) is 23.8 Å². The number of rotatable bonds is 2. The van der Waals surface area contributed by atoms with Crippen LogP contribution in [0.15, 0.2) is 23.8 Å². The Kier molecular flexibility index (Phi) is 4.09. The smallest absolute Gasteiger partial charge is 0.178 e. The summed E-state index contributed by atoms with van der Waals surface area (Å²) in [5, 5.41) is 20.7. The first-order valence-corrected chi connectivity index (χ1v) is 9.98. The lowest BCUT2D eigenvalue weighted by molar-refractivity contribution is -0.142. The van der Waals surface area contributed by atoms with Gasteiger partial charge in [-0.3, -0.25) is 9.59 Å². The summed E-state index contributed by atoms with van der Waals surface area (Å²) in [6.07, 6.45) is 8.39. The number of hydrogen-bond donors (Lipinski definition) is 2. The first-order chi connectivity index (χ1) is 12.2. The Balaban J connectivity index is 1.74. The van der Waals surface area contributed by atoms with Crippen molar-refractivity contribution in [3.63, 3.8) is 0 Å². The van der Waals surface area contributed by atoms with Crippen LogP contribution in [0.5, 0.6) is 0 Å². The Morgan fingerprint density at radius 2 is 2.08 bits per heavy atom. The molecule has 0 aliphatic heterocycles. The van der Waals surface area contributed by atoms with Gasteiger partial charge in [0.2, 0.25) is 0 Å². The first kappa shape index (κ1) is 18.1. The summed E-state index contributed by atoms with van der Waals surface area (Å²) in [7, 11) is 0. The Labute approximate surface area is 155 Å². The highest BCUT2D eigenvalue weighted by Crippen LogP contribution is 2.67. The summed E-state index contributed by atoms with van der Waals surface area (Å²) < 4.78 is 0. The molecular formula is C22H30O4. The molecule has 0 aromatic heterocycles. The summed E-state index contributed by atoms with van der Waals surface area (Å²) in [6.45, 7) is 6.04. The number of allylic oxidation sites excluding steroid dienone is 4. The molecule has 0 amide bonds. The van der Waals surface area contributed by atoms with E-state index in [1.54, 1.807) is 12.2 Å². The third kappa shape index (κ3) is 2.27. The third-order valence-electron chi connectivity index (χ3n) is 8.34. The molecule has 0 heterocycles. The third-order valence-corrected chi connectivity index (χ3v) is 8.34. The molecule has 4 nitrogen and oxygen atoms in total. The van der Waals surface area contributed by atoms with E-state index in [9.17, 15) is 19.8 Å². The fourth-order valence-corrected chi connectivity index (χ4v) is 7.48. The molecule has 142 valence electrons. The zero-order valence-electron chi connectivity index (χ0n) is 15.9. The highest BCUT2D eigenvalue weighted by atomic mass is 16.3. The van der Waals surface area contributed by atoms with Crippen LogP contribution in [-0.4, -0.2) is 34.5 Å². The van der Waals surface area contributed by atoms with Gasteiger partial charge in [0.15, 0.2) is 11.6 Å². The number of fused-ring (bicyclic) bond motifs is 5. The lowest BCUT2D eigenvalue weighted by atomic mass is 9.46. The summed E-state index contributed by atoms with van der Waals surface area (Å²) in [6, 6.07) is 0. The highest BCUT2D eigenvalue weighted by Gasteiger charge is 2.64. The van der Waals surface area contributed by atoms with Crippen LogP contribution in [0, 0.1) is 40.4 Å². The van der Waals surface area contributed by atoms with Crippen molar-refractivity contribution in [2.24, 2.45) is 40.4 Å². The van der Waals surface area contributed by atoms with E-state index in [2.05, 4.69) is 20.8 Å². The second-order valence-electron chi connectivity index (χ2n) is 9.62. The van der Waals surface area contributed by atoms with E-state index in [4.69, 9.17) is 0 Å². The van der Waals surface area contributed by atoms with Crippen molar-refractivity contribution < 1.29 is 19.8 Å². The predicted molar refractivity (Wildman–Crippen MR) is 98.1 cm³/mol. The molecule has 0 radical (unpaired) electrons. The SMILES string of the molecule is C[C@@H]1CC2C3CCC4=CC(=O)C=C[C@]4(C)C3[C@@H](O)C[C@]2(C)[C@H]1C(=O)CO. The second-order valence-corrected chi connectivity index (χ2v) is 9.62. The molecule has 0 saturated heterocycles. The molecule has 0 aromatic rings. The van der Waals surface area contributed by atoms with Gasteiger partial charge in [-0.05, 0) is 61.0 Å². The van der Waals surface area contributed by atoms with Crippen molar-refractivity contribution in [2.45, 2.75) is 52.6 Å². The molecule has 4 rings (SSSR count). The van der Waals surface area contributed by atoms with Gasteiger partial charge in [0, 0.05) is 17.3 Å². The van der Waals surface area contributed by atoms with Crippen LogP contribution >= 0.6 is 0 Å². The topological polar surface area (TPSA) is 74.6 Å². The Hall–Kier alpha value is -1.26. The van der Waals surface area contributed by atoms with Crippen LogP contribution in [0.1, 0.15) is 46.5 Å². The largest absolute Gasteiger partial charge is 0.393 e. The van der Waals surface area contributed by atoms with Gasteiger partial charge in [-0.15, -0.1) is 0 Å². The van der Waals surface area contributed by atoms with Gasteiger partial charge in [-0.2, -0.15) is 0 Å². The number of Topliss-reactive ketones (excluding diaryl/α,β-unsaturated/α-hetero) is 1. The second kappa shape index (κ2) is 5.87. The normalized spacial score (nSPS) is 49.9. The van der Waals surface area contributed by atoms with E-state index < -0.39 is 12.7 Å². The van der Waals surface area contributed by atoms with Crippen LogP contribution < -0.4 is 0 Å². The molecular weight excluding hydrogens is 328 g/mol. The molecule has 4 aliphatic rings. The van der Waals surface area contributed by atoms with Crippen LogP contribution in [0.4, 0.5) is 0 Å². The maximum Gasteiger partial charge on any atom is 0.178 e. The molecule has 26 heavy (non-hydrogen) atoms. The van der Waals surface area contributed by atoms with E-state index >= 15 is 0 Å². The predicted octanol–water partition coefficient (Wildman–Crippen LogP) is 2.69. The maximum atomic E-state index is 12.5. The Morgan fingerprint density at radius 1 is 1.35 bits per heavy atom. The average molecular weight is 358 g/mol. The van der Waals surface area contributed by atoms with E-state index in [0.717, 1.165) is 24.8 Å². The minimum atomic E-state index is -0.493. The van der Waals surface area contributed by atoms with Gasteiger partial charge in [-0.25, -0.2) is 0 Å². The highest BCUT2D eigenvalue weighted by molar-refractivity contribution is 6.01. The molecule has 3 fully saturated rings. The number of carbonyl (C=O) groups is 2. The monoisotopic (exact) mass is 358 g/mol. The zero-order valence-corrected chi connectivity index (χ0v) is 15.9. The molecule has 2 N–H and O–H groups in total. The molecule has 3 unspecified atom stereocenters. The summed E-state index contributed by atoms with van der Waals surface area (Å²) in [4.78, 5) is 24.3. The number of carbonyl (C=O) groups excluding carboxylic acids is 2. The summed E-state index contributed by atoms with van der Waals surface area (Å²) in [5.74, 6) is 0.886. The van der Waals surface area contributed by atoms with Gasteiger partial charge < -0.3 is 10.2 Å². The van der Waals surface area contributed by atoms with Gasteiger partial charge in [0.05, 0.1) is 6.10 Å². The van der Waals surface area contributed by atoms with Gasteiger partial charge in [0.1, 0.15) is 6.61 Å². The van der Waals surface area contributed by atoms with Crippen molar-refractivity contribution in [2.75, 3.05) is 6.61 Å². The minimum Gasteiger partial charge on any atom is -0.393 e. The maximum absolute atomic E-state index is 12.5. The van der Waals surface area contributed by atoms with Crippen LogP contribution in [0.25, 0.3) is 0 Å². The van der Waals surface area contributed by atoms with E-state index in [0.29, 0.717) is 18.3 Å². The first-order valence-electron chi connectivity index (χ1n) is 9.98. The molecule has 0 aromatic carbocycles. The molecule has 0 spiro atoms. The van der Waals surface area contributed by atoms with E-state index in [1.807, 2.05) is 6.08 Å². The molecule has 8 atom stereocenters. The quantitative estimate of drug-likeness (QED) is 0.796. The zero-order chi connectivity index (χ0) is 18.9. The summed E-state index contributed by atoms with van der Waals surface area (Å²) in [5.41, 5.74) is 0.647. The standard InChI is InChI=1S/C22H30O4/c1-12-8-16-15-5-4-13-9-14(24)6-7-21(13,2)20(15)17(25)10-22(16,3)19(12)18(26)11-23/h6-7,9,12,15-17,19-20,23,25H,4-5,8,10-11H2,1-3H3/t12-,15?,16?,17+,19-,20?,21+,22+/m1/s1. The Bertz CT molecular complexity index is 707. The Morgan fingerprint density at radius 3 is 2.77 bits per heavy atom. The molecule has 4 heteroatoms. The molecule has 0 bridgehead atoms. The van der Waals surface area contributed by atoms with E-state index in [1.165, 1.54) is 0 Å². The van der Waals surface area contributed by atoms with Crippen LogP contribution in [0.2, 0.25) is 0 Å². The van der Waals surface area contributed by atoms with Gasteiger partial charge >= 0.3 is 0 Å². The number of hydrogen-bond acceptors (Lipinski definition) is 4. The fourth-order valence-electron chi connectivity index (χ4n) is 7.48. The van der Waals surface area contributed by atoms with Gasteiger partial charge in [-0.1, -0.05) is 32.4 Å². The van der Waals surface area contributed by atoms with Crippen molar-refractivity contribution in [1.82, 2.24) is 0 Å². The van der Waals surface area contributed by atoms with E-state index in [-0.39, 0.29) is 40.2 Å². The van der Waals surface area contributed by atoms with Gasteiger partial charge in [0.25, 0.3) is 0 Å². The van der Waals surface area contributed by atoms with Crippen molar-refractivity contribution in [1.29, 1.82) is 0 Å². The van der Waals surface area contributed by atoms with Crippen LogP contribution in [0.3, 0.4) is 0 Å². The lowest BCUT2D eigenvalue weighted by Crippen LogP contribution is -2.56. The minimum absolute atomic E-state index is 0.0501. The van der Waals surface area contributed by atoms with Crippen molar-refractivity contribution >= 4 is 11.6 Å². The molecule has 3 saturated carbocycles. The summed E-state index contributed by atoms with van der Waals surface area (Å²) >= 11 is 0. The molecule has 4 aliphatic carbocycles. The number of ketones is 2. The fraction of sp³-hybridized carbons (Fsp3) is 0.727. The average Bonchev–Trinajstić information content (AvgIpc) is 2.84. The van der Waals surface area contributed by atoms with Crippen molar-refractivity contribution in [3.8, 4) is 0 Å².